The van der Waals surface area contributed by atoms with Gasteiger partial charge in [0, 0.05) is 17.8 Å². The molecule has 138 valence electrons. The zero-order valence-corrected chi connectivity index (χ0v) is 15.3. The molecule has 0 aliphatic heterocycles. The van der Waals surface area contributed by atoms with Gasteiger partial charge in [0.05, 0.1) is 0 Å². The molecule has 0 aromatic heterocycles. The number of unbranched alkanes of at least 4 members (excludes halogenated alkanes) is 1. The fourth-order valence-electron chi connectivity index (χ4n) is 1.87. The summed E-state index contributed by atoms with van der Waals surface area (Å²) in [6.07, 6.45) is 1.67. The topological polar surface area (TPSA) is 96.5 Å². The van der Waals surface area contributed by atoms with Crippen molar-refractivity contribution in [2.45, 2.75) is 52.6 Å². The Morgan fingerprint density at radius 3 is 1.96 bits per heavy atom. The minimum Gasteiger partial charge on any atom is -0.444 e. The first-order valence-corrected chi connectivity index (χ1v) is 8.36. The van der Waals surface area contributed by atoms with E-state index in [0.29, 0.717) is 17.8 Å². The lowest BCUT2D eigenvalue weighted by Gasteiger charge is -2.19. The predicted molar refractivity (Wildman–Crippen MR) is 97.5 cm³/mol. The van der Waals surface area contributed by atoms with Crippen LogP contribution in [0, 0.1) is 0 Å². The smallest absolute Gasteiger partial charge is 0.408 e. The molecule has 1 rings (SSSR count). The molecule has 1 aromatic rings. The first kappa shape index (κ1) is 20.5. The van der Waals surface area contributed by atoms with Crippen LogP contribution in [0.25, 0.3) is 0 Å². The SMILES string of the molecule is CCCCC(=O)Nc1ccc(NC(=O)CNC(=O)OC(C)(C)C)cc1. The van der Waals surface area contributed by atoms with Gasteiger partial charge in [-0.2, -0.15) is 0 Å². The molecule has 0 saturated heterocycles. The van der Waals surface area contributed by atoms with Crippen LogP contribution >= 0.6 is 0 Å². The lowest BCUT2D eigenvalue weighted by atomic mass is 10.2. The molecule has 0 saturated carbocycles. The lowest BCUT2D eigenvalue weighted by Crippen LogP contribution is -2.37. The van der Waals surface area contributed by atoms with E-state index in [2.05, 4.69) is 16.0 Å². The number of hydrogen-bond acceptors (Lipinski definition) is 4. The fourth-order valence-corrected chi connectivity index (χ4v) is 1.87. The van der Waals surface area contributed by atoms with Crippen LogP contribution in [0.1, 0.15) is 47.0 Å². The van der Waals surface area contributed by atoms with Crippen LogP contribution < -0.4 is 16.0 Å². The second kappa shape index (κ2) is 9.66. The number of alkyl carbamates (subject to hydrolysis) is 1. The van der Waals surface area contributed by atoms with Crippen LogP contribution in [0.2, 0.25) is 0 Å². The molecule has 25 heavy (non-hydrogen) atoms. The van der Waals surface area contributed by atoms with Gasteiger partial charge >= 0.3 is 6.09 Å². The van der Waals surface area contributed by atoms with Crippen molar-refractivity contribution in [2.24, 2.45) is 0 Å². The highest BCUT2D eigenvalue weighted by atomic mass is 16.6. The van der Waals surface area contributed by atoms with Crippen molar-refractivity contribution in [1.29, 1.82) is 0 Å². The molecule has 0 bridgehead atoms. The van der Waals surface area contributed by atoms with Crippen molar-refractivity contribution < 1.29 is 19.1 Å². The van der Waals surface area contributed by atoms with Gasteiger partial charge in [-0.3, -0.25) is 9.59 Å². The molecule has 0 spiro atoms. The van der Waals surface area contributed by atoms with E-state index in [1.807, 2.05) is 6.92 Å². The van der Waals surface area contributed by atoms with Crippen LogP contribution in [-0.2, 0) is 14.3 Å². The van der Waals surface area contributed by atoms with E-state index in [0.717, 1.165) is 12.8 Å². The first-order chi connectivity index (χ1) is 11.7. The second-order valence-electron chi connectivity index (χ2n) is 6.63. The Bertz CT molecular complexity index is 591. The average Bonchev–Trinajstić information content (AvgIpc) is 2.51. The van der Waals surface area contributed by atoms with Crippen LogP contribution in [0.5, 0.6) is 0 Å². The zero-order valence-electron chi connectivity index (χ0n) is 15.3. The number of carbonyl (C=O) groups is 3. The highest BCUT2D eigenvalue weighted by Crippen LogP contribution is 2.14. The molecule has 7 heteroatoms. The van der Waals surface area contributed by atoms with Crippen molar-refractivity contribution in [3.05, 3.63) is 24.3 Å². The van der Waals surface area contributed by atoms with Crippen molar-refractivity contribution in [2.75, 3.05) is 17.2 Å². The zero-order chi connectivity index (χ0) is 18.9. The largest absolute Gasteiger partial charge is 0.444 e. The number of rotatable bonds is 7. The van der Waals surface area contributed by atoms with Gasteiger partial charge < -0.3 is 20.7 Å². The van der Waals surface area contributed by atoms with E-state index in [1.54, 1.807) is 45.0 Å². The van der Waals surface area contributed by atoms with Gasteiger partial charge in [-0.05, 0) is 51.5 Å². The first-order valence-electron chi connectivity index (χ1n) is 8.36. The van der Waals surface area contributed by atoms with Crippen molar-refractivity contribution in [1.82, 2.24) is 5.32 Å². The summed E-state index contributed by atoms with van der Waals surface area (Å²) in [5.74, 6) is -0.397. The molecule has 0 atom stereocenters. The summed E-state index contributed by atoms with van der Waals surface area (Å²) in [5.41, 5.74) is 0.631. The molecule has 0 aliphatic rings. The summed E-state index contributed by atoms with van der Waals surface area (Å²) in [6.45, 7) is 7.08. The van der Waals surface area contributed by atoms with E-state index < -0.39 is 11.7 Å². The quantitative estimate of drug-likeness (QED) is 0.704. The van der Waals surface area contributed by atoms with E-state index in [4.69, 9.17) is 4.74 Å². The number of anilines is 2. The van der Waals surface area contributed by atoms with E-state index in [1.165, 1.54) is 0 Å². The number of ether oxygens (including phenoxy) is 1. The maximum Gasteiger partial charge on any atom is 0.408 e. The van der Waals surface area contributed by atoms with Gasteiger partial charge in [0.2, 0.25) is 11.8 Å². The monoisotopic (exact) mass is 349 g/mol. The van der Waals surface area contributed by atoms with Crippen molar-refractivity contribution in [3.8, 4) is 0 Å². The third-order valence-corrected chi connectivity index (χ3v) is 3.00. The van der Waals surface area contributed by atoms with Gasteiger partial charge in [-0.25, -0.2) is 4.79 Å². The van der Waals surface area contributed by atoms with Crippen LogP contribution in [-0.4, -0.2) is 30.1 Å². The Labute approximate surface area is 148 Å². The number of benzene rings is 1. The average molecular weight is 349 g/mol. The Morgan fingerprint density at radius 2 is 1.48 bits per heavy atom. The molecule has 3 amide bonds. The number of amides is 3. The van der Waals surface area contributed by atoms with Crippen LogP contribution in [0.15, 0.2) is 24.3 Å². The summed E-state index contributed by atoms with van der Waals surface area (Å²) >= 11 is 0. The summed E-state index contributed by atoms with van der Waals surface area (Å²) in [7, 11) is 0. The fraction of sp³-hybridized carbons (Fsp3) is 0.500. The van der Waals surface area contributed by atoms with Crippen LogP contribution in [0.3, 0.4) is 0 Å². The normalized spacial score (nSPS) is 10.7. The predicted octanol–water partition coefficient (Wildman–Crippen LogP) is 3.28. The Hall–Kier alpha value is -2.57. The number of hydrogen-bond donors (Lipinski definition) is 3. The molecule has 1 aromatic carbocycles. The highest BCUT2D eigenvalue weighted by molar-refractivity contribution is 5.94. The number of carbonyl (C=O) groups excluding carboxylic acids is 3. The summed E-state index contributed by atoms with van der Waals surface area (Å²) < 4.78 is 5.05. The molecule has 0 aliphatic carbocycles. The van der Waals surface area contributed by atoms with Crippen LogP contribution in [0.4, 0.5) is 16.2 Å². The lowest BCUT2D eigenvalue weighted by molar-refractivity contribution is -0.116. The molecule has 0 unspecified atom stereocenters. The Morgan fingerprint density at radius 1 is 0.960 bits per heavy atom. The van der Waals surface area contributed by atoms with Gasteiger partial charge in [0.15, 0.2) is 0 Å². The Balaban J connectivity index is 2.40. The second-order valence-corrected chi connectivity index (χ2v) is 6.63. The van der Waals surface area contributed by atoms with Gasteiger partial charge in [-0.1, -0.05) is 13.3 Å². The maximum absolute atomic E-state index is 11.8. The molecule has 0 heterocycles. The molecule has 0 radical (unpaired) electrons. The van der Waals surface area contributed by atoms with E-state index >= 15 is 0 Å². The standard InChI is InChI=1S/C18H27N3O4/c1-5-6-7-15(22)20-13-8-10-14(11-9-13)21-16(23)12-19-17(24)25-18(2,3)4/h8-11H,5-7,12H2,1-4H3,(H,19,24)(H,20,22)(H,21,23). The molecular weight excluding hydrogens is 322 g/mol. The summed E-state index contributed by atoms with van der Waals surface area (Å²) in [4.78, 5) is 34.9. The minimum absolute atomic E-state index is 0.0276. The summed E-state index contributed by atoms with van der Waals surface area (Å²) in [5, 5.41) is 7.83. The van der Waals surface area contributed by atoms with Crippen molar-refractivity contribution >= 4 is 29.3 Å². The van der Waals surface area contributed by atoms with E-state index in [-0.39, 0.29) is 18.4 Å². The third-order valence-electron chi connectivity index (χ3n) is 3.00. The van der Waals surface area contributed by atoms with Crippen molar-refractivity contribution in [3.63, 3.8) is 0 Å². The summed E-state index contributed by atoms with van der Waals surface area (Å²) in [6, 6.07) is 6.78. The third kappa shape index (κ3) is 9.34. The maximum atomic E-state index is 11.8. The molecule has 3 N–H and O–H groups in total. The van der Waals surface area contributed by atoms with Gasteiger partial charge in [-0.15, -0.1) is 0 Å². The molecular formula is C18H27N3O4. The van der Waals surface area contributed by atoms with Gasteiger partial charge in [0.25, 0.3) is 0 Å². The highest BCUT2D eigenvalue weighted by Gasteiger charge is 2.16. The Kier molecular flexibility index (Phi) is 7.91. The minimum atomic E-state index is -0.646. The van der Waals surface area contributed by atoms with E-state index in [9.17, 15) is 14.4 Å². The number of nitrogens with one attached hydrogen (secondary N) is 3. The molecule has 7 nitrogen and oxygen atoms in total. The molecule has 0 fully saturated rings. The van der Waals surface area contributed by atoms with Gasteiger partial charge in [0.1, 0.15) is 12.1 Å².